The number of carbonyl (C=O) groups excluding carboxylic acids is 2. The van der Waals surface area contributed by atoms with Gasteiger partial charge in [-0.2, -0.15) is 0 Å². The van der Waals surface area contributed by atoms with Crippen molar-refractivity contribution in [3.8, 4) is 0 Å². The van der Waals surface area contributed by atoms with Gasteiger partial charge in [-0.05, 0) is 31.2 Å². The van der Waals surface area contributed by atoms with Crippen molar-refractivity contribution in [1.29, 1.82) is 0 Å². The average Bonchev–Trinajstić information content (AvgIpc) is 2.43. The highest BCUT2D eigenvalue weighted by Crippen LogP contribution is 2.20. The smallest absolute Gasteiger partial charge is 0.249 e. The lowest BCUT2D eigenvalue weighted by molar-refractivity contribution is -0.143. The Balaban J connectivity index is 2.12. The molecule has 1 aliphatic heterocycles. The molecule has 0 spiro atoms. The lowest BCUT2D eigenvalue weighted by Gasteiger charge is -2.39. The predicted molar refractivity (Wildman–Crippen MR) is 71.8 cm³/mol. The summed E-state index contributed by atoms with van der Waals surface area (Å²) in [5, 5.41) is 0. The van der Waals surface area contributed by atoms with Crippen molar-refractivity contribution >= 4 is 17.5 Å². The first-order valence-electron chi connectivity index (χ1n) is 6.40. The van der Waals surface area contributed by atoms with Gasteiger partial charge in [-0.1, -0.05) is 0 Å². The minimum atomic E-state index is -0.545. The number of hydrogen-bond acceptors (Lipinski definition) is 3. The van der Waals surface area contributed by atoms with Gasteiger partial charge in [0, 0.05) is 25.9 Å². The molecule has 1 aromatic carbocycles. The normalized spacial score (nSPS) is 19.4. The zero-order valence-corrected chi connectivity index (χ0v) is 11.5. The van der Waals surface area contributed by atoms with Gasteiger partial charge in [-0.25, -0.2) is 4.39 Å². The molecule has 5 nitrogen and oxygen atoms in total. The van der Waals surface area contributed by atoms with Gasteiger partial charge in [0.15, 0.2) is 0 Å². The van der Waals surface area contributed by atoms with Crippen LogP contribution < -0.4 is 4.90 Å². The zero-order valence-electron chi connectivity index (χ0n) is 11.5. The number of carbonyl (C=O) groups is 2. The number of piperazine rings is 1. The first kappa shape index (κ1) is 14.5. The van der Waals surface area contributed by atoms with Crippen molar-refractivity contribution in [2.75, 3.05) is 31.7 Å². The summed E-state index contributed by atoms with van der Waals surface area (Å²) in [6, 6.07) is 5.21. The molecule has 1 saturated heterocycles. The molecule has 0 saturated carbocycles. The number of halogens is 1. The summed E-state index contributed by atoms with van der Waals surface area (Å²) in [5.41, 5.74) is 0.641. The molecule has 0 radical (unpaired) electrons. The van der Waals surface area contributed by atoms with Crippen molar-refractivity contribution in [3.63, 3.8) is 0 Å². The highest BCUT2D eigenvalue weighted by atomic mass is 19.1. The van der Waals surface area contributed by atoms with Crippen molar-refractivity contribution in [1.82, 2.24) is 4.90 Å². The monoisotopic (exact) mass is 280 g/mol. The molecular weight excluding hydrogens is 263 g/mol. The van der Waals surface area contributed by atoms with Crippen LogP contribution in [0.4, 0.5) is 10.1 Å². The minimum Gasteiger partial charge on any atom is -0.375 e. The second-order valence-electron chi connectivity index (χ2n) is 4.66. The summed E-state index contributed by atoms with van der Waals surface area (Å²) in [5.74, 6) is -0.720. The molecular formula is C14H17FN2O3. The zero-order chi connectivity index (χ0) is 14.7. The average molecular weight is 280 g/mol. The van der Waals surface area contributed by atoms with Crippen LogP contribution in [-0.4, -0.2) is 49.6 Å². The summed E-state index contributed by atoms with van der Waals surface area (Å²) in [4.78, 5) is 27.2. The van der Waals surface area contributed by atoms with E-state index >= 15 is 0 Å². The van der Waals surface area contributed by atoms with Crippen molar-refractivity contribution in [3.05, 3.63) is 30.1 Å². The first-order valence-corrected chi connectivity index (χ1v) is 6.40. The van der Waals surface area contributed by atoms with Gasteiger partial charge >= 0.3 is 0 Å². The lowest BCUT2D eigenvalue weighted by atomic mass is 10.1. The van der Waals surface area contributed by atoms with E-state index < -0.39 is 6.04 Å². The van der Waals surface area contributed by atoms with E-state index in [0.29, 0.717) is 18.8 Å². The summed E-state index contributed by atoms with van der Waals surface area (Å²) < 4.78 is 17.7. The summed E-state index contributed by atoms with van der Waals surface area (Å²) in [6.45, 7) is 2.48. The van der Waals surface area contributed by atoms with Gasteiger partial charge < -0.3 is 14.5 Å². The molecule has 1 aromatic rings. The molecule has 0 bridgehead atoms. The number of rotatable bonds is 3. The molecule has 20 heavy (non-hydrogen) atoms. The van der Waals surface area contributed by atoms with Crippen LogP contribution in [-0.2, 0) is 14.3 Å². The molecule has 0 N–H and O–H groups in total. The van der Waals surface area contributed by atoms with Crippen molar-refractivity contribution in [2.24, 2.45) is 0 Å². The Labute approximate surface area is 116 Å². The largest absolute Gasteiger partial charge is 0.375 e. The highest BCUT2D eigenvalue weighted by molar-refractivity contribution is 6.00. The Hall–Kier alpha value is -1.95. The maximum Gasteiger partial charge on any atom is 0.249 e. The summed E-state index contributed by atoms with van der Waals surface area (Å²) in [7, 11) is 1.44. The third kappa shape index (κ3) is 2.80. The maximum absolute atomic E-state index is 12.9. The Bertz CT molecular complexity index is 504. The van der Waals surface area contributed by atoms with Gasteiger partial charge in [0.25, 0.3) is 0 Å². The third-order valence-electron chi connectivity index (χ3n) is 3.38. The Morgan fingerprint density at radius 3 is 2.60 bits per heavy atom. The summed E-state index contributed by atoms with van der Waals surface area (Å²) >= 11 is 0. The molecule has 1 atom stereocenters. The van der Waals surface area contributed by atoms with E-state index in [2.05, 4.69) is 0 Å². The third-order valence-corrected chi connectivity index (χ3v) is 3.38. The number of amides is 2. The van der Waals surface area contributed by atoms with Crippen molar-refractivity contribution in [2.45, 2.75) is 13.0 Å². The Morgan fingerprint density at radius 1 is 1.35 bits per heavy atom. The molecule has 1 heterocycles. The van der Waals surface area contributed by atoms with Crippen LogP contribution in [0.2, 0.25) is 0 Å². The van der Waals surface area contributed by atoms with E-state index in [1.165, 1.54) is 24.1 Å². The van der Waals surface area contributed by atoms with E-state index in [1.54, 1.807) is 24.0 Å². The van der Waals surface area contributed by atoms with Crippen LogP contribution >= 0.6 is 0 Å². The topological polar surface area (TPSA) is 49.9 Å². The number of methoxy groups -OCH3 is 1. The quantitative estimate of drug-likeness (QED) is 0.831. The fourth-order valence-corrected chi connectivity index (χ4v) is 2.29. The lowest BCUT2D eigenvalue weighted by Crippen LogP contribution is -2.58. The van der Waals surface area contributed by atoms with Gasteiger partial charge in [-0.3, -0.25) is 9.59 Å². The van der Waals surface area contributed by atoms with Crippen LogP contribution in [0.15, 0.2) is 24.3 Å². The van der Waals surface area contributed by atoms with Crippen LogP contribution in [0.3, 0.4) is 0 Å². The highest BCUT2D eigenvalue weighted by Gasteiger charge is 2.34. The number of benzene rings is 1. The second-order valence-corrected chi connectivity index (χ2v) is 4.66. The van der Waals surface area contributed by atoms with Gasteiger partial charge in [-0.15, -0.1) is 0 Å². The van der Waals surface area contributed by atoms with Gasteiger partial charge in [0.05, 0.1) is 0 Å². The molecule has 6 heteroatoms. The molecule has 0 aromatic heterocycles. The Kier molecular flexibility index (Phi) is 4.34. The van der Waals surface area contributed by atoms with E-state index in [-0.39, 0.29) is 24.2 Å². The molecule has 1 fully saturated rings. The number of nitrogens with zero attached hydrogens (tertiary/aromatic N) is 2. The Morgan fingerprint density at radius 2 is 2.00 bits per heavy atom. The fourth-order valence-electron chi connectivity index (χ4n) is 2.29. The second kappa shape index (κ2) is 6.00. The number of ether oxygens (including phenoxy) is 1. The maximum atomic E-state index is 12.9. The van der Waals surface area contributed by atoms with Gasteiger partial charge in [0.1, 0.15) is 18.5 Å². The summed E-state index contributed by atoms with van der Waals surface area (Å²) in [6.07, 6.45) is 0. The van der Waals surface area contributed by atoms with Gasteiger partial charge in [0.2, 0.25) is 11.8 Å². The van der Waals surface area contributed by atoms with Crippen molar-refractivity contribution < 1.29 is 18.7 Å². The molecule has 1 unspecified atom stereocenters. The fraction of sp³-hybridized carbons (Fsp3) is 0.429. The van der Waals surface area contributed by atoms with E-state index in [1.807, 2.05) is 0 Å². The predicted octanol–water partition coefficient (Wildman–Crippen LogP) is 1.04. The van der Waals surface area contributed by atoms with E-state index in [4.69, 9.17) is 4.74 Å². The molecule has 2 amide bonds. The molecule has 108 valence electrons. The molecule has 2 rings (SSSR count). The van der Waals surface area contributed by atoms with Crippen LogP contribution in [0.5, 0.6) is 0 Å². The number of anilines is 1. The van der Waals surface area contributed by atoms with Crippen LogP contribution in [0.25, 0.3) is 0 Å². The standard InChI is InChI=1S/C14H17FN2O3/c1-10-14(19)17(12-5-3-11(15)4-6-12)8-7-16(10)13(18)9-20-2/h3-6,10H,7-9H2,1-2H3. The van der Waals surface area contributed by atoms with E-state index in [9.17, 15) is 14.0 Å². The minimum absolute atomic E-state index is 0.0336. The number of hydrogen-bond donors (Lipinski definition) is 0. The SMILES string of the molecule is COCC(=O)N1CCN(c2ccc(F)cc2)C(=O)C1C. The van der Waals surface area contributed by atoms with E-state index in [0.717, 1.165) is 0 Å². The van der Waals surface area contributed by atoms with Crippen LogP contribution in [0.1, 0.15) is 6.92 Å². The van der Waals surface area contributed by atoms with Crippen LogP contribution in [0, 0.1) is 5.82 Å². The molecule has 0 aliphatic carbocycles. The first-order chi connectivity index (χ1) is 9.54. The molecule has 1 aliphatic rings.